The molecule has 0 radical (unpaired) electrons. The summed E-state index contributed by atoms with van der Waals surface area (Å²) in [6, 6.07) is 9.91. The number of rotatable bonds is 1. The highest BCUT2D eigenvalue weighted by molar-refractivity contribution is 5.78. The van der Waals surface area contributed by atoms with Gasteiger partial charge >= 0.3 is 0 Å². The molecule has 1 aromatic carbocycles. The van der Waals surface area contributed by atoms with E-state index >= 15 is 0 Å². The van der Waals surface area contributed by atoms with E-state index in [-0.39, 0.29) is 11.2 Å². The lowest BCUT2D eigenvalue weighted by Crippen LogP contribution is -2.17. The molecule has 2 aromatic heterocycles. The minimum absolute atomic E-state index is 0.0870. The predicted octanol–water partition coefficient (Wildman–Crippen LogP) is 3.01. The van der Waals surface area contributed by atoms with Crippen molar-refractivity contribution in [3.8, 4) is 5.69 Å². The molecule has 4 rings (SSSR count). The zero-order valence-electron chi connectivity index (χ0n) is 11.3. The molecule has 4 heteroatoms. The lowest BCUT2D eigenvalue weighted by atomic mass is 10.1. The second kappa shape index (κ2) is 4.52. The Morgan fingerprint density at radius 3 is 2.71 bits per heavy atom. The first-order valence-electron chi connectivity index (χ1n) is 7.03. The highest BCUT2D eigenvalue weighted by atomic mass is 19.1. The van der Waals surface area contributed by atoms with Crippen LogP contribution in [0.1, 0.15) is 17.7 Å². The van der Waals surface area contributed by atoms with Crippen LogP contribution in [0.15, 0.2) is 47.4 Å². The van der Waals surface area contributed by atoms with Gasteiger partial charge in [0.25, 0.3) is 0 Å². The second-order valence-corrected chi connectivity index (χ2v) is 5.29. The quantitative estimate of drug-likeness (QED) is 0.687. The van der Waals surface area contributed by atoms with Crippen molar-refractivity contribution < 1.29 is 4.39 Å². The maximum Gasteiger partial charge on any atom is 0.194 e. The van der Waals surface area contributed by atoms with Gasteiger partial charge in [-0.1, -0.05) is 0 Å². The van der Waals surface area contributed by atoms with Crippen molar-refractivity contribution in [3.63, 3.8) is 0 Å². The number of benzene rings is 1. The van der Waals surface area contributed by atoms with E-state index in [1.165, 1.54) is 12.1 Å². The second-order valence-electron chi connectivity index (χ2n) is 5.29. The molecule has 3 nitrogen and oxygen atoms in total. The van der Waals surface area contributed by atoms with Crippen LogP contribution in [0.2, 0.25) is 0 Å². The van der Waals surface area contributed by atoms with Gasteiger partial charge < -0.3 is 0 Å². The van der Waals surface area contributed by atoms with Gasteiger partial charge in [-0.05, 0) is 55.7 Å². The van der Waals surface area contributed by atoms with Gasteiger partial charge in [-0.15, -0.1) is 0 Å². The topological polar surface area (TPSA) is 34.9 Å². The van der Waals surface area contributed by atoms with E-state index in [9.17, 15) is 9.18 Å². The van der Waals surface area contributed by atoms with E-state index in [4.69, 9.17) is 0 Å². The molecule has 21 heavy (non-hydrogen) atoms. The van der Waals surface area contributed by atoms with Crippen LogP contribution in [0.4, 0.5) is 4.39 Å². The third-order valence-corrected chi connectivity index (χ3v) is 4.06. The first-order chi connectivity index (χ1) is 10.3. The van der Waals surface area contributed by atoms with Crippen LogP contribution in [0.3, 0.4) is 0 Å². The molecular formula is C17H13FN2O. The molecule has 0 saturated carbocycles. The molecular weight excluding hydrogens is 267 g/mol. The minimum Gasteiger partial charge on any atom is -0.298 e. The predicted molar refractivity (Wildman–Crippen MR) is 79.3 cm³/mol. The van der Waals surface area contributed by atoms with Gasteiger partial charge in [-0.25, -0.2) is 9.37 Å². The van der Waals surface area contributed by atoms with Gasteiger partial charge in [-0.3, -0.25) is 9.36 Å². The highest BCUT2D eigenvalue weighted by Crippen LogP contribution is 2.26. The Balaban J connectivity index is 2.15. The van der Waals surface area contributed by atoms with Crippen LogP contribution in [0.25, 0.3) is 16.7 Å². The van der Waals surface area contributed by atoms with Crippen LogP contribution < -0.4 is 5.43 Å². The summed E-state index contributed by atoms with van der Waals surface area (Å²) in [5, 5.41) is 0.627. The Morgan fingerprint density at radius 1 is 1.10 bits per heavy atom. The zero-order chi connectivity index (χ0) is 14.4. The van der Waals surface area contributed by atoms with Crippen molar-refractivity contribution in [1.29, 1.82) is 0 Å². The first-order valence-corrected chi connectivity index (χ1v) is 7.03. The average molecular weight is 280 g/mol. The summed E-state index contributed by atoms with van der Waals surface area (Å²) in [5.74, 6) is -0.270. The molecule has 0 N–H and O–H groups in total. The standard InChI is InChI=1S/C17H13FN2O/c18-11-6-8-12(9-7-11)20-15-5-1-3-13(15)16(21)14-4-2-10-19-17(14)20/h2,4,6-10H,1,3,5H2. The third kappa shape index (κ3) is 1.79. The fourth-order valence-corrected chi connectivity index (χ4v) is 3.13. The molecule has 0 amide bonds. The Morgan fingerprint density at radius 2 is 1.90 bits per heavy atom. The SMILES string of the molecule is O=c1c2c(n(-c3ccc(F)cc3)c3ncccc13)CCC2. The number of halogens is 1. The van der Waals surface area contributed by atoms with Gasteiger partial charge in [0.2, 0.25) is 0 Å². The maximum atomic E-state index is 13.2. The fraction of sp³-hybridized carbons (Fsp3) is 0.176. The molecule has 0 bridgehead atoms. The van der Waals surface area contributed by atoms with Crippen molar-refractivity contribution in [1.82, 2.24) is 9.55 Å². The lowest BCUT2D eigenvalue weighted by Gasteiger charge is -2.15. The number of fused-ring (bicyclic) bond motifs is 2. The highest BCUT2D eigenvalue weighted by Gasteiger charge is 2.22. The van der Waals surface area contributed by atoms with Gasteiger partial charge in [0, 0.05) is 23.1 Å². The summed E-state index contributed by atoms with van der Waals surface area (Å²) in [7, 11) is 0. The molecule has 0 fully saturated rings. The molecule has 0 spiro atoms. The molecule has 0 aliphatic heterocycles. The Bertz CT molecular complexity index is 897. The van der Waals surface area contributed by atoms with Gasteiger partial charge in [0.15, 0.2) is 5.43 Å². The first kappa shape index (κ1) is 12.3. The number of aromatic nitrogens is 2. The van der Waals surface area contributed by atoms with E-state index in [1.807, 2.05) is 10.6 Å². The summed E-state index contributed by atoms with van der Waals surface area (Å²) in [6.45, 7) is 0. The maximum absolute atomic E-state index is 13.2. The van der Waals surface area contributed by atoms with E-state index < -0.39 is 0 Å². The monoisotopic (exact) mass is 280 g/mol. The van der Waals surface area contributed by atoms with Crippen molar-refractivity contribution in [2.75, 3.05) is 0 Å². The van der Waals surface area contributed by atoms with Gasteiger partial charge in [0.1, 0.15) is 11.5 Å². The van der Waals surface area contributed by atoms with E-state index in [1.54, 1.807) is 24.4 Å². The molecule has 0 unspecified atom stereocenters. The van der Waals surface area contributed by atoms with E-state index in [0.29, 0.717) is 11.0 Å². The minimum atomic E-state index is -0.270. The number of pyridine rings is 2. The largest absolute Gasteiger partial charge is 0.298 e. The molecule has 2 heterocycles. The summed E-state index contributed by atoms with van der Waals surface area (Å²) in [5.41, 5.74) is 3.47. The van der Waals surface area contributed by atoms with Crippen LogP contribution in [0.5, 0.6) is 0 Å². The Labute approximate surface area is 120 Å². The molecule has 1 aliphatic carbocycles. The summed E-state index contributed by atoms with van der Waals surface area (Å²) in [6.07, 6.45) is 4.32. The third-order valence-electron chi connectivity index (χ3n) is 4.06. The van der Waals surface area contributed by atoms with E-state index in [0.717, 1.165) is 36.2 Å². The molecule has 3 aromatic rings. The van der Waals surface area contributed by atoms with Crippen molar-refractivity contribution >= 4 is 11.0 Å². The summed E-state index contributed by atoms with van der Waals surface area (Å²) >= 11 is 0. The smallest absolute Gasteiger partial charge is 0.194 e. The Kier molecular flexibility index (Phi) is 2.64. The number of hydrogen-bond acceptors (Lipinski definition) is 2. The van der Waals surface area contributed by atoms with Crippen molar-refractivity contribution in [2.24, 2.45) is 0 Å². The van der Waals surface area contributed by atoms with Crippen LogP contribution in [-0.4, -0.2) is 9.55 Å². The Hall–Kier alpha value is -2.49. The number of hydrogen-bond donors (Lipinski definition) is 0. The van der Waals surface area contributed by atoms with Gasteiger partial charge in [0.05, 0.1) is 5.39 Å². The van der Waals surface area contributed by atoms with Gasteiger partial charge in [-0.2, -0.15) is 0 Å². The number of nitrogens with zero attached hydrogens (tertiary/aromatic N) is 2. The normalized spacial score (nSPS) is 13.6. The van der Waals surface area contributed by atoms with Crippen molar-refractivity contribution in [2.45, 2.75) is 19.3 Å². The van der Waals surface area contributed by atoms with Crippen LogP contribution >= 0.6 is 0 Å². The zero-order valence-corrected chi connectivity index (χ0v) is 11.3. The van der Waals surface area contributed by atoms with E-state index in [2.05, 4.69) is 4.98 Å². The van der Waals surface area contributed by atoms with Crippen molar-refractivity contribution in [3.05, 3.63) is 69.9 Å². The van der Waals surface area contributed by atoms with Crippen LogP contribution in [0, 0.1) is 5.82 Å². The van der Waals surface area contributed by atoms with Crippen LogP contribution in [-0.2, 0) is 12.8 Å². The molecule has 0 atom stereocenters. The summed E-state index contributed by atoms with van der Waals surface area (Å²) in [4.78, 5) is 16.9. The lowest BCUT2D eigenvalue weighted by molar-refractivity contribution is 0.627. The molecule has 0 saturated heterocycles. The molecule has 104 valence electrons. The average Bonchev–Trinajstić information content (AvgIpc) is 2.99. The fourth-order valence-electron chi connectivity index (χ4n) is 3.13. The summed E-state index contributed by atoms with van der Waals surface area (Å²) < 4.78 is 15.2. The molecule has 1 aliphatic rings.